The standard InChI is InChI=1S/C6H10NO2/c8-6-7-2-1-4-9-5-3-7/h1-5H2. The van der Waals surface area contributed by atoms with E-state index in [2.05, 4.69) is 0 Å². The molecule has 0 N–H and O–H groups in total. The molecule has 1 fully saturated rings. The molecule has 1 aliphatic heterocycles. The average molecular weight is 128 g/mol. The zero-order valence-corrected chi connectivity index (χ0v) is 5.30. The Morgan fingerprint density at radius 3 is 3.00 bits per heavy atom. The first kappa shape index (κ1) is 6.55. The summed E-state index contributed by atoms with van der Waals surface area (Å²) in [5.74, 6) is 0. The normalized spacial score (nSPS) is 21.1. The van der Waals surface area contributed by atoms with Crippen molar-refractivity contribution in [1.29, 1.82) is 0 Å². The van der Waals surface area contributed by atoms with E-state index >= 15 is 0 Å². The van der Waals surface area contributed by atoms with Gasteiger partial charge >= 0.3 is 6.41 Å². The highest BCUT2D eigenvalue weighted by Crippen LogP contribution is 1.94. The number of hydrogen-bond acceptors (Lipinski definition) is 2. The van der Waals surface area contributed by atoms with E-state index in [-0.39, 0.29) is 0 Å². The van der Waals surface area contributed by atoms with Crippen LogP contribution in [0.1, 0.15) is 6.42 Å². The summed E-state index contributed by atoms with van der Waals surface area (Å²) in [6.07, 6.45) is 2.79. The summed E-state index contributed by atoms with van der Waals surface area (Å²) >= 11 is 0. The van der Waals surface area contributed by atoms with E-state index in [1.165, 1.54) is 0 Å². The lowest BCUT2D eigenvalue weighted by atomic mass is 10.4. The van der Waals surface area contributed by atoms with E-state index in [4.69, 9.17) is 4.74 Å². The van der Waals surface area contributed by atoms with E-state index in [9.17, 15) is 4.79 Å². The second-order valence-corrected chi connectivity index (χ2v) is 2.04. The summed E-state index contributed by atoms with van der Waals surface area (Å²) in [7, 11) is 0. The van der Waals surface area contributed by atoms with Crippen molar-refractivity contribution in [2.24, 2.45) is 0 Å². The van der Waals surface area contributed by atoms with Crippen molar-refractivity contribution >= 4 is 6.41 Å². The van der Waals surface area contributed by atoms with Crippen LogP contribution in [0.5, 0.6) is 0 Å². The zero-order valence-electron chi connectivity index (χ0n) is 5.30. The molecule has 1 heterocycles. The molecule has 0 atom stereocenters. The zero-order chi connectivity index (χ0) is 6.53. The van der Waals surface area contributed by atoms with Crippen molar-refractivity contribution in [3.63, 3.8) is 0 Å². The topological polar surface area (TPSA) is 29.5 Å². The van der Waals surface area contributed by atoms with Gasteiger partial charge in [0.25, 0.3) is 0 Å². The molecule has 0 saturated carbocycles. The van der Waals surface area contributed by atoms with E-state index in [1.807, 2.05) is 6.41 Å². The molecule has 0 bridgehead atoms. The van der Waals surface area contributed by atoms with Crippen LogP contribution in [0, 0.1) is 0 Å². The van der Waals surface area contributed by atoms with Crippen LogP contribution >= 0.6 is 0 Å². The van der Waals surface area contributed by atoms with Crippen molar-refractivity contribution < 1.29 is 9.53 Å². The number of ether oxygens (including phenoxy) is 1. The van der Waals surface area contributed by atoms with Crippen LogP contribution in [0.3, 0.4) is 0 Å². The fourth-order valence-electron chi connectivity index (χ4n) is 0.837. The van der Waals surface area contributed by atoms with Crippen LogP contribution in [0.15, 0.2) is 0 Å². The lowest BCUT2D eigenvalue weighted by Gasteiger charge is -2.09. The Balaban J connectivity index is 2.26. The summed E-state index contributed by atoms with van der Waals surface area (Å²) in [6, 6.07) is 0. The lowest BCUT2D eigenvalue weighted by molar-refractivity contribution is 0.147. The summed E-state index contributed by atoms with van der Waals surface area (Å²) in [5.41, 5.74) is 0. The third-order valence-corrected chi connectivity index (χ3v) is 1.35. The van der Waals surface area contributed by atoms with E-state index in [0.717, 1.165) is 19.6 Å². The van der Waals surface area contributed by atoms with Gasteiger partial charge in [0, 0.05) is 19.7 Å². The van der Waals surface area contributed by atoms with Crippen LogP contribution in [0.4, 0.5) is 0 Å². The number of amides is 1. The highest BCUT2D eigenvalue weighted by molar-refractivity contribution is 5.47. The van der Waals surface area contributed by atoms with Gasteiger partial charge in [-0.25, -0.2) is 0 Å². The Kier molecular flexibility index (Phi) is 2.51. The molecule has 1 rings (SSSR count). The predicted octanol–water partition coefficient (Wildman–Crippen LogP) is -0.224. The SMILES string of the molecule is O=[C]N1CCCOCC1. The highest BCUT2D eigenvalue weighted by atomic mass is 16.5. The second kappa shape index (κ2) is 3.45. The number of rotatable bonds is 1. The first-order chi connectivity index (χ1) is 4.43. The minimum Gasteiger partial charge on any atom is -0.380 e. The van der Waals surface area contributed by atoms with Crippen LogP contribution in [-0.4, -0.2) is 37.6 Å². The van der Waals surface area contributed by atoms with Gasteiger partial charge in [0.1, 0.15) is 0 Å². The molecule has 0 aliphatic carbocycles. The van der Waals surface area contributed by atoms with Gasteiger partial charge in [-0.15, -0.1) is 0 Å². The van der Waals surface area contributed by atoms with Crippen molar-refractivity contribution in [2.45, 2.75) is 6.42 Å². The second-order valence-electron chi connectivity index (χ2n) is 2.04. The fourth-order valence-corrected chi connectivity index (χ4v) is 0.837. The molecule has 3 nitrogen and oxygen atoms in total. The van der Waals surface area contributed by atoms with E-state index in [1.54, 1.807) is 4.90 Å². The molecule has 1 amide bonds. The number of carbonyl (C=O) groups excluding carboxylic acids is 1. The van der Waals surface area contributed by atoms with Crippen molar-refractivity contribution in [1.82, 2.24) is 4.90 Å². The molecule has 0 aromatic carbocycles. The summed E-state index contributed by atoms with van der Waals surface area (Å²) in [4.78, 5) is 11.7. The Morgan fingerprint density at radius 1 is 1.33 bits per heavy atom. The minimum atomic E-state index is 0.662. The number of hydrogen-bond donors (Lipinski definition) is 0. The Hall–Kier alpha value is -0.570. The highest BCUT2D eigenvalue weighted by Gasteiger charge is 2.05. The quantitative estimate of drug-likeness (QED) is 0.488. The smallest absolute Gasteiger partial charge is 0.312 e. The van der Waals surface area contributed by atoms with Gasteiger partial charge in [-0.2, -0.15) is 0 Å². The van der Waals surface area contributed by atoms with Gasteiger partial charge in [-0.3, -0.25) is 4.79 Å². The van der Waals surface area contributed by atoms with Crippen molar-refractivity contribution in [3.05, 3.63) is 0 Å². The van der Waals surface area contributed by atoms with Crippen molar-refractivity contribution in [2.75, 3.05) is 26.3 Å². The van der Waals surface area contributed by atoms with E-state index < -0.39 is 0 Å². The maximum absolute atomic E-state index is 10.1. The molecule has 0 aromatic heterocycles. The lowest BCUT2D eigenvalue weighted by Crippen LogP contribution is -2.24. The first-order valence-electron chi connectivity index (χ1n) is 3.14. The monoisotopic (exact) mass is 128 g/mol. The summed E-state index contributed by atoms with van der Waals surface area (Å²) in [6.45, 7) is 2.93. The Labute approximate surface area is 54.6 Å². The molecular weight excluding hydrogens is 118 g/mol. The Bertz CT molecular complexity index is 87.1. The maximum atomic E-state index is 10.1. The largest absolute Gasteiger partial charge is 0.380 e. The van der Waals surface area contributed by atoms with Gasteiger partial charge in [0.15, 0.2) is 0 Å². The third-order valence-electron chi connectivity index (χ3n) is 1.35. The molecule has 0 aromatic rings. The van der Waals surface area contributed by atoms with Gasteiger partial charge < -0.3 is 9.64 Å². The van der Waals surface area contributed by atoms with Gasteiger partial charge in [0.05, 0.1) is 6.61 Å². The average Bonchev–Trinajstić information content (AvgIpc) is 2.13. The molecule has 0 spiro atoms. The van der Waals surface area contributed by atoms with Crippen LogP contribution in [0.2, 0.25) is 0 Å². The van der Waals surface area contributed by atoms with E-state index in [0.29, 0.717) is 13.2 Å². The number of nitrogens with zero attached hydrogens (tertiary/aromatic N) is 1. The third kappa shape index (κ3) is 2.01. The van der Waals surface area contributed by atoms with Gasteiger partial charge in [-0.05, 0) is 6.42 Å². The Morgan fingerprint density at radius 2 is 2.22 bits per heavy atom. The molecule has 9 heavy (non-hydrogen) atoms. The summed E-state index contributed by atoms with van der Waals surface area (Å²) < 4.78 is 5.11. The van der Waals surface area contributed by atoms with Crippen molar-refractivity contribution in [3.8, 4) is 0 Å². The van der Waals surface area contributed by atoms with Crippen LogP contribution in [0.25, 0.3) is 0 Å². The van der Waals surface area contributed by atoms with Gasteiger partial charge in [0.2, 0.25) is 0 Å². The van der Waals surface area contributed by atoms with Gasteiger partial charge in [-0.1, -0.05) is 0 Å². The fraction of sp³-hybridized carbons (Fsp3) is 0.833. The molecule has 3 heteroatoms. The molecule has 51 valence electrons. The molecule has 1 saturated heterocycles. The molecule has 1 aliphatic rings. The molecular formula is C6H10NO2. The van der Waals surface area contributed by atoms with Crippen LogP contribution < -0.4 is 0 Å². The maximum Gasteiger partial charge on any atom is 0.312 e. The molecule has 1 radical (unpaired) electrons. The molecule has 0 unspecified atom stereocenters. The first-order valence-corrected chi connectivity index (χ1v) is 3.14. The predicted molar refractivity (Wildman–Crippen MR) is 32.7 cm³/mol. The summed E-state index contributed by atoms with van der Waals surface area (Å²) in [5, 5.41) is 0. The minimum absolute atomic E-state index is 0.662. The van der Waals surface area contributed by atoms with Crippen LogP contribution in [-0.2, 0) is 9.53 Å².